The Labute approximate surface area is 120 Å². The van der Waals surface area contributed by atoms with Gasteiger partial charge < -0.3 is 15.5 Å². The van der Waals surface area contributed by atoms with E-state index in [0.29, 0.717) is 6.04 Å². The van der Waals surface area contributed by atoms with Crippen LogP contribution in [0.3, 0.4) is 0 Å². The second-order valence-corrected chi connectivity index (χ2v) is 5.54. The van der Waals surface area contributed by atoms with Crippen LogP contribution < -0.4 is 10.6 Å². The minimum atomic E-state index is 0.474. The van der Waals surface area contributed by atoms with E-state index in [4.69, 9.17) is 0 Å². The molecular formula is C15H34N4. The molecule has 19 heavy (non-hydrogen) atoms. The molecule has 2 N–H and O–H groups in total. The van der Waals surface area contributed by atoms with E-state index in [-0.39, 0.29) is 0 Å². The summed E-state index contributed by atoms with van der Waals surface area (Å²) in [4.78, 5) is 6.68. The topological polar surface area (TPSA) is 39.7 Å². The van der Waals surface area contributed by atoms with Crippen molar-refractivity contribution in [3.8, 4) is 0 Å². The van der Waals surface area contributed by atoms with Gasteiger partial charge in [-0.25, -0.2) is 0 Å². The molecule has 0 saturated heterocycles. The molecule has 0 spiro atoms. The Kier molecular flexibility index (Phi) is 10.6. The van der Waals surface area contributed by atoms with Gasteiger partial charge in [-0.2, -0.15) is 0 Å². The largest absolute Gasteiger partial charge is 0.355 e. The number of nitrogens with zero attached hydrogens (tertiary/aromatic N) is 2. The molecule has 0 aliphatic heterocycles. The van der Waals surface area contributed by atoms with Gasteiger partial charge in [-0.1, -0.05) is 27.7 Å². The monoisotopic (exact) mass is 270 g/mol. The molecule has 1 unspecified atom stereocenters. The summed E-state index contributed by atoms with van der Waals surface area (Å²) in [5.41, 5.74) is 0. The van der Waals surface area contributed by atoms with Gasteiger partial charge in [-0.3, -0.25) is 4.99 Å². The molecule has 0 bridgehead atoms. The fraction of sp³-hybridized carbons (Fsp3) is 0.933. The number of likely N-dealkylation sites (N-methyl/N-ethyl adjacent to an activating group) is 1. The first-order valence-corrected chi connectivity index (χ1v) is 7.72. The van der Waals surface area contributed by atoms with Crippen LogP contribution in [0.25, 0.3) is 0 Å². The Hall–Kier alpha value is -0.770. The van der Waals surface area contributed by atoms with Crippen molar-refractivity contribution in [3.63, 3.8) is 0 Å². The molecule has 0 aliphatic carbocycles. The average molecular weight is 270 g/mol. The molecule has 1 atom stereocenters. The van der Waals surface area contributed by atoms with Crippen LogP contribution in [0.1, 0.15) is 47.5 Å². The SMILES string of the molecule is CCN(CC)CCNC(=NC)NC(C)CCC(C)C. The van der Waals surface area contributed by atoms with Gasteiger partial charge in [0.1, 0.15) is 0 Å². The van der Waals surface area contributed by atoms with E-state index < -0.39 is 0 Å². The smallest absolute Gasteiger partial charge is 0.191 e. The summed E-state index contributed by atoms with van der Waals surface area (Å²) in [5.74, 6) is 1.69. The predicted octanol–water partition coefficient (Wildman–Crippen LogP) is 2.32. The molecule has 0 radical (unpaired) electrons. The highest BCUT2D eigenvalue weighted by Gasteiger charge is 2.06. The highest BCUT2D eigenvalue weighted by atomic mass is 15.2. The molecule has 0 fully saturated rings. The number of hydrogen-bond acceptors (Lipinski definition) is 2. The number of aliphatic imine (C=N–C) groups is 1. The first-order valence-electron chi connectivity index (χ1n) is 7.72. The third kappa shape index (κ3) is 9.77. The zero-order chi connectivity index (χ0) is 14.7. The highest BCUT2D eigenvalue weighted by Crippen LogP contribution is 2.06. The van der Waals surface area contributed by atoms with Crippen molar-refractivity contribution in [3.05, 3.63) is 0 Å². The lowest BCUT2D eigenvalue weighted by molar-refractivity contribution is 0.308. The lowest BCUT2D eigenvalue weighted by Crippen LogP contribution is -2.44. The van der Waals surface area contributed by atoms with Gasteiger partial charge in [0.25, 0.3) is 0 Å². The van der Waals surface area contributed by atoms with Crippen LogP contribution in [-0.4, -0.2) is 50.1 Å². The Morgan fingerprint density at radius 2 is 1.74 bits per heavy atom. The first kappa shape index (κ1) is 18.2. The van der Waals surface area contributed by atoms with Crippen molar-refractivity contribution in [2.45, 2.75) is 53.5 Å². The van der Waals surface area contributed by atoms with Gasteiger partial charge in [-0.05, 0) is 38.8 Å². The molecule has 0 aliphatic rings. The Morgan fingerprint density at radius 1 is 1.11 bits per heavy atom. The van der Waals surface area contributed by atoms with E-state index in [1.807, 2.05) is 7.05 Å². The molecule has 0 aromatic heterocycles. The number of rotatable bonds is 9. The van der Waals surface area contributed by atoms with Crippen LogP contribution in [-0.2, 0) is 0 Å². The van der Waals surface area contributed by atoms with Crippen LogP contribution in [0, 0.1) is 5.92 Å². The minimum absolute atomic E-state index is 0.474. The van der Waals surface area contributed by atoms with Gasteiger partial charge in [0.05, 0.1) is 0 Å². The standard InChI is InChI=1S/C15H34N4/c1-7-19(8-2)12-11-17-15(16-6)18-14(5)10-9-13(3)4/h13-14H,7-12H2,1-6H3,(H2,16,17,18). The maximum atomic E-state index is 4.28. The summed E-state index contributed by atoms with van der Waals surface area (Å²) in [7, 11) is 1.84. The predicted molar refractivity (Wildman–Crippen MR) is 85.8 cm³/mol. The molecule has 0 saturated carbocycles. The first-order chi connectivity index (χ1) is 9.03. The van der Waals surface area contributed by atoms with Gasteiger partial charge in [0.2, 0.25) is 0 Å². The summed E-state index contributed by atoms with van der Waals surface area (Å²) in [5, 5.41) is 6.84. The molecular weight excluding hydrogens is 236 g/mol. The third-order valence-electron chi connectivity index (χ3n) is 3.40. The van der Waals surface area contributed by atoms with Crippen LogP contribution >= 0.6 is 0 Å². The van der Waals surface area contributed by atoms with Crippen LogP contribution in [0.4, 0.5) is 0 Å². The zero-order valence-electron chi connectivity index (χ0n) is 13.8. The van der Waals surface area contributed by atoms with Gasteiger partial charge in [0.15, 0.2) is 5.96 Å². The molecule has 0 amide bonds. The van der Waals surface area contributed by atoms with E-state index in [2.05, 4.69) is 55.1 Å². The number of hydrogen-bond donors (Lipinski definition) is 2. The van der Waals surface area contributed by atoms with Crippen molar-refractivity contribution in [1.82, 2.24) is 15.5 Å². The maximum Gasteiger partial charge on any atom is 0.191 e. The second kappa shape index (κ2) is 11.1. The van der Waals surface area contributed by atoms with E-state index >= 15 is 0 Å². The minimum Gasteiger partial charge on any atom is -0.355 e. The molecule has 0 rings (SSSR count). The van der Waals surface area contributed by atoms with E-state index in [9.17, 15) is 0 Å². The van der Waals surface area contributed by atoms with Crippen molar-refractivity contribution in [1.29, 1.82) is 0 Å². The lowest BCUT2D eigenvalue weighted by Gasteiger charge is -2.21. The summed E-state index contributed by atoms with van der Waals surface area (Å²) >= 11 is 0. The molecule has 4 heteroatoms. The quantitative estimate of drug-likeness (QED) is 0.499. The van der Waals surface area contributed by atoms with Crippen molar-refractivity contribution in [2.75, 3.05) is 33.2 Å². The number of nitrogens with one attached hydrogen (secondary N) is 2. The summed E-state index contributed by atoms with van der Waals surface area (Å²) in [6, 6.07) is 0.474. The molecule has 114 valence electrons. The van der Waals surface area contributed by atoms with Crippen molar-refractivity contribution >= 4 is 5.96 Å². The van der Waals surface area contributed by atoms with Gasteiger partial charge in [-0.15, -0.1) is 0 Å². The lowest BCUT2D eigenvalue weighted by atomic mass is 10.0. The number of guanidine groups is 1. The molecule has 0 heterocycles. The molecule has 0 aromatic carbocycles. The van der Waals surface area contributed by atoms with Crippen LogP contribution in [0.5, 0.6) is 0 Å². The van der Waals surface area contributed by atoms with E-state index in [1.54, 1.807) is 0 Å². The Balaban J connectivity index is 3.89. The third-order valence-corrected chi connectivity index (χ3v) is 3.40. The fourth-order valence-electron chi connectivity index (χ4n) is 1.96. The molecule has 0 aromatic rings. The normalized spacial score (nSPS) is 14.0. The zero-order valence-corrected chi connectivity index (χ0v) is 13.8. The van der Waals surface area contributed by atoms with Crippen LogP contribution in [0.2, 0.25) is 0 Å². The van der Waals surface area contributed by atoms with Crippen molar-refractivity contribution in [2.24, 2.45) is 10.9 Å². The Bertz CT molecular complexity index is 234. The Morgan fingerprint density at radius 3 is 2.21 bits per heavy atom. The summed E-state index contributed by atoms with van der Waals surface area (Å²) in [6.45, 7) is 15.4. The van der Waals surface area contributed by atoms with Crippen molar-refractivity contribution < 1.29 is 0 Å². The fourth-order valence-corrected chi connectivity index (χ4v) is 1.96. The van der Waals surface area contributed by atoms with E-state index in [1.165, 1.54) is 12.8 Å². The van der Waals surface area contributed by atoms with E-state index in [0.717, 1.165) is 38.1 Å². The van der Waals surface area contributed by atoms with Crippen LogP contribution in [0.15, 0.2) is 4.99 Å². The second-order valence-electron chi connectivity index (χ2n) is 5.54. The van der Waals surface area contributed by atoms with Gasteiger partial charge >= 0.3 is 0 Å². The summed E-state index contributed by atoms with van der Waals surface area (Å²) < 4.78 is 0. The maximum absolute atomic E-state index is 4.28. The highest BCUT2D eigenvalue weighted by molar-refractivity contribution is 5.79. The molecule has 4 nitrogen and oxygen atoms in total. The summed E-state index contributed by atoms with van der Waals surface area (Å²) in [6.07, 6.45) is 2.44. The van der Waals surface area contributed by atoms with Gasteiger partial charge in [0, 0.05) is 26.2 Å². The average Bonchev–Trinajstić information content (AvgIpc) is 2.40.